The Morgan fingerprint density at radius 1 is 1.40 bits per heavy atom. The highest BCUT2D eigenvalue weighted by molar-refractivity contribution is 6.03. The van der Waals surface area contributed by atoms with Crippen LogP contribution < -0.4 is 10.6 Å². The Bertz CT molecular complexity index is 410. The second-order valence-electron chi connectivity index (χ2n) is 4.35. The molecule has 1 aliphatic heterocycles. The van der Waals surface area contributed by atoms with Gasteiger partial charge >= 0.3 is 0 Å². The third kappa shape index (κ3) is 1.58. The number of hydrogen-bond acceptors (Lipinski definition) is 2. The van der Waals surface area contributed by atoms with Gasteiger partial charge in [0, 0.05) is 18.8 Å². The summed E-state index contributed by atoms with van der Waals surface area (Å²) in [5.41, 5.74) is 2.95. The molecule has 1 amide bonds. The predicted octanol–water partition coefficient (Wildman–Crippen LogP) is 1.75. The number of hydrogen-bond donors (Lipinski definition) is 2. The maximum absolute atomic E-state index is 11.6. The van der Waals surface area contributed by atoms with E-state index in [-0.39, 0.29) is 5.91 Å². The van der Waals surface area contributed by atoms with Gasteiger partial charge < -0.3 is 10.6 Å². The summed E-state index contributed by atoms with van der Waals surface area (Å²) in [6.45, 7) is 1.68. The Balaban J connectivity index is 1.86. The van der Waals surface area contributed by atoms with Gasteiger partial charge in [-0.25, -0.2) is 0 Å². The maximum Gasteiger partial charge on any atom is 0.253 e. The third-order valence-corrected chi connectivity index (χ3v) is 3.10. The Labute approximate surface area is 88.9 Å². The lowest BCUT2D eigenvalue weighted by atomic mass is 10.1. The first kappa shape index (κ1) is 8.77. The smallest absolute Gasteiger partial charge is 0.253 e. The van der Waals surface area contributed by atoms with Crippen molar-refractivity contribution in [3.05, 3.63) is 29.3 Å². The summed E-state index contributed by atoms with van der Waals surface area (Å²) in [5, 5.41) is 6.23. The Hall–Kier alpha value is -1.51. The molecule has 1 aliphatic carbocycles. The fraction of sp³-hybridized carbons (Fsp3) is 0.417. The predicted molar refractivity (Wildman–Crippen MR) is 58.8 cm³/mol. The summed E-state index contributed by atoms with van der Waals surface area (Å²) >= 11 is 0. The molecule has 1 saturated carbocycles. The van der Waals surface area contributed by atoms with Crippen molar-refractivity contribution in [3.63, 3.8) is 0 Å². The van der Waals surface area contributed by atoms with Gasteiger partial charge in [-0.15, -0.1) is 0 Å². The van der Waals surface area contributed by atoms with Crippen LogP contribution in [0.25, 0.3) is 0 Å². The first-order valence-corrected chi connectivity index (χ1v) is 5.48. The van der Waals surface area contributed by atoms with E-state index in [1.807, 2.05) is 18.2 Å². The van der Waals surface area contributed by atoms with Gasteiger partial charge in [-0.1, -0.05) is 12.1 Å². The quantitative estimate of drug-likeness (QED) is 0.784. The molecule has 2 N–H and O–H groups in total. The Kier molecular flexibility index (Phi) is 1.91. The fourth-order valence-electron chi connectivity index (χ4n) is 2.00. The number of benzene rings is 1. The molecule has 0 radical (unpaired) electrons. The summed E-state index contributed by atoms with van der Waals surface area (Å²) in [4.78, 5) is 11.6. The average Bonchev–Trinajstić information content (AvgIpc) is 3.00. The monoisotopic (exact) mass is 202 g/mol. The van der Waals surface area contributed by atoms with Crippen LogP contribution in [0.2, 0.25) is 0 Å². The largest absolute Gasteiger partial charge is 0.384 e. The molecule has 1 aromatic rings. The van der Waals surface area contributed by atoms with Gasteiger partial charge in [0.15, 0.2) is 0 Å². The van der Waals surface area contributed by atoms with Gasteiger partial charge in [0.2, 0.25) is 0 Å². The van der Waals surface area contributed by atoms with Crippen molar-refractivity contribution in [1.29, 1.82) is 0 Å². The van der Waals surface area contributed by atoms with E-state index in [2.05, 4.69) is 10.6 Å². The van der Waals surface area contributed by atoms with Gasteiger partial charge in [0.25, 0.3) is 5.91 Å². The molecule has 1 fully saturated rings. The number of anilines is 1. The van der Waals surface area contributed by atoms with Crippen LogP contribution in [-0.4, -0.2) is 12.5 Å². The van der Waals surface area contributed by atoms with E-state index in [4.69, 9.17) is 0 Å². The molecule has 2 aliphatic rings. The van der Waals surface area contributed by atoms with E-state index in [0.717, 1.165) is 29.3 Å². The number of nitrogens with one attached hydrogen (secondary N) is 2. The van der Waals surface area contributed by atoms with Crippen LogP contribution in [0.5, 0.6) is 0 Å². The molecule has 0 spiro atoms. The van der Waals surface area contributed by atoms with Crippen LogP contribution in [0.15, 0.2) is 18.2 Å². The van der Waals surface area contributed by atoms with Crippen molar-refractivity contribution >= 4 is 11.6 Å². The Morgan fingerprint density at radius 3 is 3.07 bits per heavy atom. The van der Waals surface area contributed by atoms with E-state index in [1.165, 1.54) is 12.8 Å². The zero-order valence-corrected chi connectivity index (χ0v) is 8.55. The minimum Gasteiger partial charge on any atom is -0.384 e. The minimum absolute atomic E-state index is 0.0592. The van der Waals surface area contributed by atoms with Crippen LogP contribution in [0.3, 0.4) is 0 Å². The molecule has 0 atom stereocenters. The molecule has 0 saturated heterocycles. The highest BCUT2D eigenvalue weighted by Crippen LogP contribution is 2.30. The second-order valence-corrected chi connectivity index (χ2v) is 4.35. The highest BCUT2D eigenvalue weighted by Gasteiger charge is 2.24. The molecular formula is C12H14N2O. The Morgan fingerprint density at radius 2 is 2.27 bits per heavy atom. The fourth-order valence-corrected chi connectivity index (χ4v) is 2.00. The van der Waals surface area contributed by atoms with Crippen molar-refractivity contribution in [3.8, 4) is 0 Å². The number of carbonyl (C=O) groups excluding carboxylic acids is 1. The summed E-state index contributed by atoms with van der Waals surface area (Å²) in [6.07, 6.45) is 2.66. The number of fused-ring (bicyclic) bond motifs is 1. The lowest BCUT2D eigenvalue weighted by molar-refractivity contribution is 0.0966. The highest BCUT2D eigenvalue weighted by atomic mass is 16.1. The molecule has 3 heteroatoms. The molecule has 3 nitrogen and oxygen atoms in total. The van der Waals surface area contributed by atoms with E-state index in [1.54, 1.807) is 0 Å². The van der Waals surface area contributed by atoms with Gasteiger partial charge in [0.1, 0.15) is 0 Å². The first-order chi connectivity index (χ1) is 7.34. The summed E-state index contributed by atoms with van der Waals surface area (Å²) in [6, 6.07) is 6.01. The minimum atomic E-state index is 0.0592. The van der Waals surface area contributed by atoms with Crippen LogP contribution in [-0.2, 0) is 6.54 Å². The maximum atomic E-state index is 11.6. The van der Waals surface area contributed by atoms with Crippen molar-refractivity contribution in [2.45, 2.75) is 19.4 Å². The lowest BCUT2D eigenvalue weighted by Crippen LogP contribution is -2.14. The standard InChI is InChI=1S/C12H14N2O/c15-12-11-9(7-14-12)2-1-3-10(11)13-6-8-4-5-8/h1-3,8,13H,4-7H2,(H,14,15). The van der Waals surface area contributed by atoms with Crippen LogP contribution in [0.4, 0.5) is 5.69 Å². The summed E-state index contributed by atoms with van der Waals surface area (Å²) < 4.78 is 0. The topological polar surface area (TPSA) is 41.1 Å². The van der Waals surface area contributed by atoms with Gasteiger partial charge in [-0.2, -0.15) is 0 Å². The van der Waals surface area contributed by atoms with Crippen LogP contribution in [0.1, 0.15) is 28.8 Å². The molecule has 3 rings (SSSR count). The molecule has 1 aromatic carbocycles. The molecule has 0 aromatic heterocycles. The second kappa shape index (κ2) is 3.26. The first-order valence-electron chi connectivity index (χ1n) is 5.48. The summed E-state index contributed by atoms with van der Waals surface area (Å²) in [5.74, 6) is 0.884. The summed E-state index contributed by atoms with van der Waals surface area (Å²) in [7, 11) is 0. The van der Waals surface area contributed by atoms with Crippen LogP contribution >= 0.6 is 0 Å². The zero-order valence-electron chi connectivity index (χ0n) is 8.55. The van der Waals surface area contributed by atoms with Crippen LogP contribution in [0, 0.1) is 5.92 Å². The molecule has 78 valence electrons. The van der Waals surface area contributed by atoms with E-state index < -0.39 is 0 Å². The number of amides is 1. The van der Waals surface area contributed by atoms with Crippen molar-refractivity contribution in [2.24, 2.45) is 5.92 Å². The molecule has 15 heavy (non-hydrogen) atoms. The molecule has 0 unspecified atom stereocenters. The van der Waals surface area contributed by atoms with Gasteiger partial charge in [-0.3, -0.25) is 4.79 Å². The average molecular weight is 202 g/mol. The van der Waals surface area contributed by atoms with E-state index in [0.29, 0.717) is 6.54 Å². The van der Waals surface area contributed by atoms with E-state index >= 15 is 0 Å². The third-order valence-electron chi connectivity index (χ3n) is 3.10. The van der Waals surface area contributed by atoms with E-state index in [9.17, 15) is 4.79 Å². The van der Waals surface area contributed by atoms with Crippen molar-refractivity contribution < 1.29 is 4.79 Å². The van der Waals surface area contributed by atoms with Gasteiger partial charge in [0.05, 0.1) is 5.56 Å². The SMILES string of the molecule is O=C1NCc2cccc(NCC3CC3)c21. The van der Waals surface area contributed by atoms with Gasteiger partial charge in [-0.05, 0) is 30.4 Å². The van der Waals surface area contributed by atoms with Crippen molar-refractivity contribution in [2.75, 3.05) is 11.9 Å². The number of rotatable bonds is 3. The van der Waals surface area contributed by atoms with Crippen molar-refractivity contribution in [1.82, 2.24) is 5.32 Å². The zero-order chi connectivity index (χ0) is 10.3. The molecule has 1 heterocycles. The number of carbonyl (C=O) groups is 1. The normalized spacial score (nSPS) is 18.5. The molecule has 0 bridgehead atoms. The molecular weight excluding hydrogens is 188 g/mol. The lowest BCUT2D eigenvalue weighted by Gasteiger charge is -2.08.